The highest BCUT2D eigenvalue weighted by atomic mass is 35.5. The molecule has 1 atom stereocenters. The van der Waals surface area contributed by atoms with E-state index in [-0.39, 0.29) is 34.5 Å². The number of pyridine rings is 1. The number of aromatic nitrogens is 1. The van der Waals surface area contributed by atoms with Gasteiger partial charge in [0.1, 0.15) is 5.15 Å². The molecule has 0 saturated carbocycles. The van der Waals surface area contributed by atoms with Crippen molar-refractivity contribution in [2.75, 3.05) is 18.6 Å². The van der Waals surface area contributed by atoms with Crippen LogP contribution in [0.25, 0.3) is 0 Å². The van der Waals surface area contributed by atoms with E-state index in [0.717, 1.165) is 5.69 Å². The summed E-state index contributed by atoms with van der Waals surface area (Å²) in [4.78, 5) is 18.2. The van der Waals surface area contributed by atoms with E-state index in [0.29, 0.717) is 12.0 Å². The molecule has 0 N–H and O–H groups in total. The van der Waals surface area contributed by atoms with Crippen molar-refractivity contribution >= 4 is 27.3 Å². The maximum Gasteiger partial charge on any atom is 0.254 e. The highest BCUT2D eigenvalue weighted by Crippen LogP contribution is 2.22. The normalized spacial score (nSPS) is 20.7. The first-order chi connectivity index (χ1) is 9.69. The third kappa shape index (κ3) is 3.74. The number of halogens is 1. The van der Waals surface area contributed by atoms with E-state index in [4.69, 9.17) is 11.6 Å². The van der Waals surface area contributed by atoms with Crippen LogP contribution in [-0.2, 0) is 9.84 Å². The molecule has 1 saturated heterocycles. The second kappa shape index (κ2) is 5.93. The summed E-state index contributed by atoms with van der Waals surface area (Å²) in [6.07, 6.45) is 0.487. The van der Waals surface area contributed by atoms with Gasteiger partial charge in [0.2, 0.25) is 0 Å². The van der Waals surface area contributed by atoms with Crippen molar-refractivity contribution in [3.8, 4) is 0 Å². The first kappa shape index (κ1) is 16.2. The number of amides is 1. The van der Waals surface area contributed by atoms with Crippen LogP contribution >= 0.6 is 11.6 Å². The summed E-state index contributed by atoms with van der Waals surface area (Å²) in [5.74, 6) is 0.116. The van der Waals surface area contributed by atoms with Crippen LogP contribution in [-0.4, -0.2) is 48.8 Å². The minimum Gasteiger partial charge on any atom is -0.338 e. The van der Waals surface area contributed by atoms with Crippen molar-refractivity contribution in [3.05, 3.63) is 28.5 Å². The zero-order valence-corrected chi connectivity index (χ0v) is 13.9. The summed E-state index contributed by atoms with van der Waals surface area (Å²) in [5, 5.41) is 0.275. The van der Waals surface area contributed by atoms with Crippen molar-refractivity contribution < 1.29 is 13.2 Å². The van der Waals surface area contributed by atoms with Crippen LogP contribution in [0.5, 0.6) is 0 Å². The minimum absolute atomic E-state index is 0.0328. The predicted octanol–water partition coefficient (Wildman–Crippen LogP) is 2.12. The molecule has 116 valence electrons. The molecular weight excluding hydrogens is 312 g/mol. The van der Waals surface area contributed by atoms with Crippen molar-refractivity contribution in [1.82, 2.24) is 9.88 Å². The fourth-order valence-electron chi connectivity index (χ4n) is 2.39. The second-order valence-electron chi connectivity index (χ2n) is 5.73. The fraction of sp³-hybridized carbons (Fsp3) is 0.571. The van der Waals surface area contributed by atoms with Crippen LogP contribution < -0.4 is 0 Å². The monoisotopic (exact) mass is 330 g/mol. The Hall–Kier alpha value is -1.14. The zero-order valence-electron chi connectivity index (χ0n) is 12.3. The van der Waals surface area contributed by atoms with E-state index in [1.165, 1.54) is 11.0 Å². The Labute approximate surface area is 130 Å². The molecule has 0 aliphatic carbocycles. The molecule has 0 radical (unpaired) electrons. The van der Waals surface area contributed by atoms with E-state index in [1.807, 2.05) is 13.8 Å². The Kier molecular flexibility index (Phi) is 4.58. The first-order valence-corrected chi connectivity index (χ1v) is 9.04. The maximum atomic E-state index is 12.5. The molecule has 1 fully saturated rings. The molecule has 1 aliphatic rings. The second-order valence-corrected chi connectivity index (χ2v) is 8.35. The van der Waals surface area contributed by atoms with E-state index in [9.17, 15) is 13.2 Å². The van der Waals surface area contributed by atoms with Gasteiger partial charge in [0.15, 0.2) is 9.84 Å². The largest absolute Gasteiger partial charge is 0.338 e. The molecule has 2 rings (SSSR count). The summed E-state index contributed by atoms with van der Waals surface area (Å²) in [7, 11) is -1.38. The highest BCUT2D eigenvalue weighted by molar-refractivity contribution is 7.91. The minimum atomic E-state index is -3.02. The first-order valence-electron chi connectivity index (χ1n) is 6.84. The van der Waals surface area contributed by atoms with E-state index < -0.39 is 9.84 Å². The number of sulfone groups is 1. The molecule has 21 heavy (non-hydrogen) atoms. The summed E-state index contributed by atoms with van der Waals surface area (Å²) < 4.78 is 23.1. The Morgan fingerprint density at radius 2 is 2.10 bits per heavy atom. The average molecular weight is 331 g/mol. The molecule has 5 nitrogen and oxygen atoms in total. The molecule has 1 aliphatic heterocycles. The van der Waals surface area contributed by atoms with Crippen LogP contribution in [0, 0.1) is 0 Å². The average Bonchev–Trinajstić information content (AvgIpc) is 2.76. The predicted molar refractivity (Wildman–Crippen MR) is 82.5 cm³/mol. The topological polar surface area (TPSA) is 67.3 Å². The van der Waals surface area contributed by atoms with Gasteiger partial charge in [0.05, 0.1) is 11.5 Å². The highest BCUT2D eigenvalue weighted by Gasteiger charge is 2.33. The summed E-state index contributed by atoms with van der Waals surface area (Å²) in [6, 6.07) is 2.98. The van der Waals surface area contributed by atoms with E-state index >= 15 is 0 Å². The number of hydrogen-bond acceptors (Lipinski definition) is 4. The third-order valence-electron chi connectivity index (χ3n) is 3.73. The van der Waals surface area contributed by atoms with Crippen LogP contribution in [0.15, 0.2) is 12.1 Å². The van der Waals surface area contributed by atoms with Gasteiger partial charge in [0, 0.05) is 24.3 Å². The van der Waals surface area contributed by atoms with Gasteiger partial charge >= 0.3 is 0 Å². The van der Waals surface area contributed by atoms with E-state index in [1.54, 1.807) is 13.1 Å². The van der Waals surface area contributed by atoms with Gasteiger partial charge < -0.3 is 4.90 Å². The molecule has 0 bridgehead atoms. The molecule has 1 aromatic rings. The quantitative estimate of drug-likeness (QED) is 0.796. The summed E-state index contributed by atoms with van der Waals surface area (Å²) in [5.41, 5.74) is 1.20. The lowest BCUT2D eigenvalue weighted by Crippen LogP contribution is -2.37. The molecule has 1 amide bonds. The smallest absolute Gasteiger partial charge is 0.254 e. The van der Waals surface area contributed by atoms with Crippen LogP contribution in [0.4, 0.5) is 0 Å². The lowest BCUT2D eigenvalue weighted by molar-refractivity contribution is 0.0747. The van der Waals surface area contributed by atoms with Crippen molar-refractivity contribution in [2.24, 2.45) is 0 Å². The van der Waals surface area contributed by atoms with E-state index in [2.05, 4.69) is 4.98 Å². The molecule has 1 unspecified atom stereocenters. The van der Waals surface area contributed by atoms with Crippen molar-refractivity contribution in [3.63, 3.8) is 0 Å². The van der Waals surface area contributed by atoms with Crippen LogP contribution in [0.2, 0.25) is 5.15 Å². The lowest BCUT2D eigenvalue weighted by Gasteiger charge is -2.23. The molecule has 7 heteroatoms. The van der Waals surface area contributed by atoms with Gasteiger partial charge in [-0.2, -0.15) is 0 Å². The molecule has 0 spiro atoms. The van der Waals surface area contributed by atoms with Crippen molar-refractivity contribution in [2.45, 2.75) is 32.2 Å². The Bertz CT molecular complexity index is 658. The third-order valence-corrected chi connectivity index (χ3v) is 5.67. The SMILES string of the molecule is CC(C)c1cc(C(=O)N(C)C2CCS(=O)(=O)C2)cc(Cl)n1. The maximum absolute atomic E-state index is 12.5. The summed E-state index contributed by atoms with van der Waals surface area (Å²) >= 11 is 5.97. The Balaban J connectivity index is 2.24. The number of carbonyl (C=O) groups excluding carboxylic acids is 1. The van der Waals surface area contributed by atoms with Crippen LogP contribution in [0.1, 0.15) is 42.2 Å². The standard InChI is InChI=1S/C14H19ClN2O3S/c1-9(2)12-6-10(7-13(15)16-12)14(18)17(3)11-4-5-21(19,20)8-11/h6-7,9,11H,4-5,8H2,1-3H3. The summed E-state index contributed by atoms with van der Waals surface area (Å²) in [6.45, 7) is 3.94. The number of nitrogens with zero attached hydrogens (tertiary/aromatic N) is 2. The lowest BCUT2D eigenvalue weighted by atomic mass is 10.1. The number of rotatable bonds is 3. The number of carbonyl (C=O) groups is 1. The van der Waals surface area contributed by atoms with Gasteiger partial charge in [-0.15, -0.1) is 0 Å². The Morgan fingerprint density at radius 1 is 1.43 bits per heavy atom. The Morgan fingerprint density at radius 3 is 2.62 bits per heavy atom. The van der Waals surface area contributed by atoms with Crippen molar-refractivity contribution in [1.29, 1.82) is 0 Å². The van der Waals surface area contributed by atoms with Crippen LogP contribution in [0.3, 0.4) is 0 Å². The van der Waals surface area contributed by atoms with Gasteiger partial charge in [-0.25, -0.2) is 13.4 Å². The number of hydrogen-bond donors (Lipinski definition) is 0. The van der Waals surface area contributed by atoms with Gasteiger partial charge in [-0.1, -0.05) is 25.4 Å². The zero-order chi connectivity index (χ0) is 15.8. The fourth-order valence-corrected chi connectivity index (χ4v) is 4.38. The van der Waals surface area contributed by atoms with Gasteiger partial charge in [-0.3, -0.25) is 4.79 Å². The molecular formula is C14H19ClN2O3S. The molecule has 0 aromatic carbocycles. The molecule has 1 aromatic heterocycles. The van der Waals surface area contributed by atoms with Gasteiger partial charge in [0.25, 0.3) is 5.91 Å². The van der Waals surface area contributed by atoms with Gasteiger partial charge in [-0.05, 0) is 24.5 Å². The molecule has 2 heterocycles.